The lowest BCUT2D eigenvalue weighted by Crippen LogP contribution is -2.62. The number of hydrogen-bond donors (Lipinski definition) is 1. The Labute approximate surface area is 162 Å². The molecule has 0 aromatic rings. The number of allylic oxidation sites excluding steroid dienone is 2. The van der Waals surface area contributed by atoms with E-state index in [9.17, 15) is 14.7 Å². The molecule has 6 heteroatoms. The molecule has 2 aliphatic rings. The van der Waals surface area contributed by atoms with Crippen LogP contribution in [0.3, 0.4) is 0 Å². The van der Waals surface area contributed by atoms with Crippen LogP contribution in [0.25, 0.3) is 0 Å². The average Bonchev–Trinajstić information content (AvgIpc) is 2.93. The van der Waals surface area contributed by atoms with Gasteiger partial charge in [0.15, 0.2) is 5.79 Å². The Morgan fingerprint density at radius 3 is 2.59 bits per heavy atom. The van der Waals surface area contributed by atoms with E-state index in [2.05, 4.69) is 0 Å². The summed E-state index contributed by atoms with van der Waals surface area (Å²) < 4.78 is 18.1. The summed E-state index contributed by atoms with van der Waals surface area (Å²) in [6, 6.07) is 0. The highest BCUT2D eigenvalue weighted by atomic mass is 16.8. The van der Waals surface area contributed by atoms with E-state index in [4.69, 9.17) is 14.2 Å². The van der Waals surface area contributed by atoms with E-state index in [1.807, 2.05) is 33.8 Å². The van der Waals surface area contributed by atoms with Gasteiger partial charge in [-0.1, -0.05) is 18.6 Å². The predicted octanol–water partition coefficient (Wildman–Crippen LogP) is 3.87. The van der Waals surface area contributed by atoms with Crippen LogP contribution in [0.5, 0.6) is 0 Å². The molecule has 0 aliphatic carbocycles. The quantitative estimate of drug-likeness (QED) is 0.578. The largest absolute Gasteiger partial charge is 0.481 e. The normalized spacial score (nSPS) is 33.5. The minimum absolute atomic E-state index is 0.00174. The monoisotopic (exact) mass is 382 g/mol. The number of carbonyl (C=O) groups excluding carboxylic acids is 1. The van der Waals surface area contributed by atoms with Crippen LogP contribution in [-0.4, -0.2) is 47.6 Å². The molecule has 6 nitrogen and oxygen atoms in total. The summed E-state index contributed by atoms with van der Waals surface area (Å²) in [5, 5.41) is 9.19. The number of carboxylic acid groups (broad SMARTS) is 1. The van der Waals surface area contributed by atoms with E-state index < -0.39 is 23.0 Å². The van der Waals surface area contributed by atoms with Crippen LogP contribution in [0, 0.1) is 5.92 Å². The fourth-order valence-corrected chi connectivity index (χ4v) is 4.20. The van der Waals surface area contributed by atoms with Crippen molar-refractivity contribution >= 4 is 11.8 Å². The number of Topliss-reactive ketones (excluding diaryl/α,β-unsaturated/α-hetero) is 1. The van der Waals surface area contributed by atoms with Gasteiger partial charge in [-0.05, 0) is 46.5 Å². The molecule has 154 valence electrons. The van der Waals surface area contributed by atoms with E-state index in [0.29, 0.717) is 25.7 Å². The Morgan fingerprint density at radius 2 is 2.00 bits per heavy atom. The third kappa shape index (κ3) is 4.79. The lowest BCUT2D eigenvalue weighted by Gasteiger charge is -2.50. The topological polar surface area (TPSA) is 82.1 Å². The van der Waals surface area contributed by atoms with Crippen LogP contribution in [0.1, 0.15) is 72.6 Å². The first-order valence-corrected chi connectivity index (χ1v) is 9.84. The van der Waals surface area contributed by atoms with Crippen LogP contribution in [0.4, 0.5) is 0 Å². The molecule has 2 heterocycles. The maximum absolute atomic E-state index is 12.2. The second-order valence-corrected chi connectivity index (χ2v) is 8.58. The molecule has 1 N–H and O–H groups in total. The van der Waals surface area contributed by atoms with Crippen molar-refractivity contribution in [3.05, 3.63) is 11.6 Å². The van der Waals surface area contributed by atoms with Crippen molar-refractivity contribution in [2.24, 2.45) is 5.92 Å². The summed E-state index contributed by atoms with van der Waals surface area (Å²) in [4.78, 5) is 23.4. The SMILES string of the molecule is COC12CCC(CC(=O)O)(CO[C@@]1(C)CCCC(C)C(=O)CC=C(C)C)O2. The van der Waals surface area contributed by atoms with Crippen LogP contribution >= 0.6 is 0 Å². The summed E-state index contributed by atoms with van der Waals surface area (Å²) in [6.45, 7) is 8.20. The molecule has 0 amide bonds. The third-order valence-electron chi connectivity index (χ3n) is 6.11. The van der Waals surface area contributed by atoms with Crippen LogP contribution < -0.4 is 0 Å². The smallest absolute Gasteiger partial charge is 0.306 e. The fraction of sp³-hybridized carbons (Fsp3) is 0.810. The number of hydrogen-bond acceptors (Lipinski definition) is 5. The number of carboxylic acids is 1. The molecular formula is C21H34O6. The summed E-state index contributed by atoms with van der Waals surface area (Å²) in [6.07, 6.45) is 5.91. The maximum atomic E-state index is 12.2. The van der Waals surface area contributed by atoms with E-state index in [-0.39, 0.29) is 24.7 Å². The van der Waals surface area contributed by atoms with Gasteiger partial charge < -0.3 is 19.3 Å². The highest BCUT2D eigenvalue weighted by Crippen LogP contribution is 2.53. The Hall–Kier alpha value is -1.24. The van der Waals surface area contributed by atoms with Gasteiger partial charge in [-0.25, -0.2) is 0 Å². The van der Waals surface area contributed by atoms with Crippen LogP contribution in [0.15, 0.2) is 11.6 Å². The molecule has 2 fully saturated rings. The highest BCUT2D eigenvalue weighted by molar-refractivity contribution is 5.82. The Morgan fingerprint density at radius 1 is 1.30 bits per heavy atom. The first-order valence-electron chi connectivity index (χ1n) is 9.84. The number of carbonyl (C=O) groups is 2. The van der Waals surface area contributed by atoms with Crippen molar-refractivity contribution in [2.45, 2.75) is 89.6 Å². The predicted molar refractivity (Wildman–Crippen MR) is 101 cm³/mol. The molecule has 4 atom stereocenters. The van der Waals surface area contributed by atoms with Gasteiger partial charge in [0.25, 0.3) is 0 Å². The van der Waals surface area contributed by atoms with Gasteiger partial charge in [0.05, 0.1) is 13.0 Å². The van der Waals surface area contributed by atoms with Crippen molar-refractivity contribution in [3.63, 3.8) is 0 Å². The zero-order chi connectivity index (χ0) is 20.3. The standard InChI is InChI=1S/C21H34O6/c1-15(2)8-9-17(22)16(3)7-6-10-19(4)21(25-5)12-11-20(27-21,14-26-19)13-18(23)24/h8,16H,6-7,9-14H2,1-5H3,(H,23,24)/t16?,19-,20?,21?/m0/s1. The maximum Gasteiger partial charge on any atom is 0.306 e. The van der Waals surface area contributed by atoms with Gasteiger partial charge in [-0.2, -0.15) is 0 Å². The van der Waals surface area contributed by atoms with Crippen molar-refractivity contribution in [2.75, 3.05) is 13.7 Å². The first kappa shape index (κ1) is 22.1. The fourth-order valence-electron chi connectivity index (χ4n) is 4.20. The molecule has 3 unspecified atom stereocenters. The van der Waals surface area contributed by atoms with Crippen molar-refractivity contribution < 1.29 is 28.9 Å². The number of rotatable bonds is 10. The second-order valence-electron chi connectivity index (χ2n) is 8.58. The molecule has 2 saturated heterocycles. The van der Waals surface area contributed by atoms with E-state index in [0.717, 1.165) is 18.4 Å². The molecule has 0 aromatic heterocycles. The van der Waals surface area contributed by atoms with Gasteiger partial charge in [0.2, 0.25) is 0 Å². The van der Waals surface area contributed by atoms with E-state index >= 15 is 0 Å². The van der Waals surface area contributed by atoms with Crippen molar-refractivity contribution in [1.29, 1.82) is 0 Å². The molecule has 0 aromatic carbocycles. The summed E-state index contributed by atoms with van der Waals surface area (Å²) in [7, 11) is 1.59. The van der Waals surface area contributed by atoms with Gasteiger partial charge in [-0.15, -0.1) is 0 Å². The molecule has 27 heavy (non-hydrogen) atoms. The van der Waals surface area contributed by atoms with Crippen LogP contribution in [0.2, 0.25) is 0 Å². The van der Waals surface area contributed by atoms with Gasteiger partial charge in [0.1, 0.15) is 17.0 Å². The lowest BCUT2D eigenvalue weighted by atomic mass is 9.85. The first-order chi connectivity index (χ1) is 12.6. The minimum Gasteiger partial charge on any atom is -0.481 e. The zero-order valence-electron chi connectivity index (χ0n) is 17.3. The van der Waals surface area contributed by atoms with Gasteiger partial charge in [-0.3, -0.25) is 9.59 Å². The number of fused-ring (bicyclic) bond motifs is 2. The number of ether oxygens (including phenoxy) is 3. The second kappa shape index (κ2) is 8.41. The van der Waals surface area contributed by atoms with Crippen molar-refractivity contribution in [3.8, 4) is 0 Å². The lowest BCUT2D eigenvalue weighted by molar-refractivity contribution is -0.372. The minimum atomic E-state index is -0.921. The van der Waals surface area contributed by atoms with Crippen molar-refractivity contribution in [1.82, 2.24) is 0 Å². The number of ketones is 1. The summed E-state index contributed by atoms with van der Waals surface area (Å²) in [5.74, 6) is -1.56. The Balaban J connectivity index is 1.95. The molecule has 2 rings (SSSR count). The van der Waals surface area contributed by atoms with E-state index in [1.165, 1.54) is 0 Å². The third-order valence-corrected chi connectivity index (χ3v) is 6.11. The highest BCUT2D eigenvalue weighted by Gasteiger charge is 2.64. The molecule has 2 bridgehead atoms. The Bertz CT molecular complexity index is 595. The molecule has 0 saturated carbocycles. The van der Waals surface area contributed by atoms with Gasteiger partial charge >= 0.3 is 5.97 Å². The molecule has 0 radical (unpaired) electrons. The van der Waals surface area contributed by atoms with Crippen LogP contribution in [-0.2, 0) is 23.8 Å². The number of aliphatic carboxylic acids is 1. The Kier molecular flexibility index (Phi) is 6.87. The summed E-state index contributed by atoms with van der Waals surface area (Å²) >= 11 is 0. The average molecular weight is 382 g/mol. The molecule has 2 aliphatic heterocycles. The molecular weight excluding hydrogens is 348 g/mol. The molecule has 0 spiro atoms. The van der Waals surface area contributed by atoms with E-state index in [1.54, 1.807) is 7.11 Å². The number of methoxy groups -OCH3 is 1. The van der Waals surface area contributed by atoms with Gasteiger partial charge in [0, 0.05) is 25.9 Å². The zero-order valence-corrected chi connectivity index (χ0v) is 17.3. The summed E-state index contributed by atoms with van der Waals surface area (Å²) in [5.41, 5.74) is -0.290.